The third kappa shape index (κ3) is 1.95. The topological polar surface area (TPSA) is 38.4 Å². The molecule has 2 N–H and O–H groups in total. The van der Waals surface area contributed by atoms with Crippen LogP contribution in [0.3, 0.4) is 0 Å². The molecule has 2 nitrogen and oxygen atoms in total. The Labute approximate surface area is 72.4 Å². The molecule has 0 aliphatic heterocycles. The maximum absolute atomic E-state index is 5.46. The van der Waals surface area contributed by atoms with E-state index in [0.29, 0.717) is 5.84 Å². The van der Waals surface area contributed by atoms with Gasteiger partial charge in [-0.2, -0.15) is 0 Å². The molecular formula is C10H12N2. The first-order valence-corrected chi connectivity index (χ1v) is 3.76. The number of amidine groups is 1. The molecule has 0 saturated carbocycles. The van der Waals surface area contributed by atoms with Gasteiger partial charge in [-0.1, -0.05) is 30.9 Å². The zero-order chi connectivity index (χ0) is 8.97. The number of nitrogens with two attached hydrogens (primary N) is 1. The van der Waals surface area contributed by atoms with Crippen molar-refractivity contribution in [2.24, 2.45) is 10.7 Å². The van der Waals surface area contributed by atoms with Gasteiger partial charge in [0.15, 0.2) is 0 Å². The number of aliphatic imine (C=N–C) groups is 1. The van der Waals surface area contributed by atoms with Crippen molar-refractivity contribution in [1.29, 1.82) is 0 Å². The van der Waals surface area contributed by atoms with E-state index in [9.17, 15) is 0 Å². The fraction of sp³-hybridized carbons (Fsp3) is 0.100. The zero-order valence-corrected chi connectivity index (χ0v) is 7.12. The lowest BCUT2D eigenvalue weighted by Gasteiger charge is -1.99. The van der Waals surface area contributed by atoms with E-state index in [2.05, 4.69) is 11.6 Å². The van der Waals surface area contributed by atoms with Gasteiger partial charge in [0.1, 0.15) is 0 Å². The number of hydrogen-bond acceptors (Lipinski definition) is 1. The van der Waals surface area contributed by atoms with Crippen molar-refractivity contribution < 1.29 is 0 Å². The fourth-order valence-corrected chi connectivity index (χ4v) is 0.952. The van der Waals surface area contributed by atoms with E-state index in [1.165, 1.54) is 0 Å². The molecule has 1 aromatic carbocycles. The minimum atomic E-state index is 0.560. The zero-order valence-electron chi connectivity index (χ0n) is 7.12. The average Bonchev–Trinajstić information content (AvgIpc) is 2.04. The highest BCUT2D eigenvalue weighted by Crippen LogP contribution is 2.18. The molecule has 0 atom stereocenters. The first-order chi connectivity index (χ1) is 5.74. The number of rotatable bonds is 2. The molecular weight excluding hydrogens is 148 g/mol. The summed E-state index contributed by atoms with van der Waals surface area (Å²) in [5.74, 6) is 0.560. The Morgan fingerprint density at radius 2 is 2.17 bits per heavy atom. The number of para-hydroxylation sites is 1. The molecule has 12 heavy (non-hydrogen) atoms. The lowest BCUT2D eigenvalue weighted by molar-refractivity contribution is 1.44. The molecule has 0 unspecified atom stereocenters. The predicted molar refractivity (Wildman–Crippen MR) is 53.5 cm³/mol. The van der Waals surface area contributed by atoms with Crippen molar-refractivity contribution in [3.8, 4) is 0 Å². The van der Waals surface area contributed by atoms with Crippen molar-refractivity contribution in [3.05, 3.63) is 36.4 Å². The maximum Gasteiger partial charge on any atom is 0.0965 e. The highest BCUT2D eigenvalue weighted by molar-refractivity contribution is 5.82. The maximum atomic E-state index is 5.46. The minimum Gasteiger partial charge on any atom is -0.387 e. The second kappa shape index (κ2) is 3.72. The third-order valence-corrected chi connectivity index (χ3v) is 1.45. The molecule has 62 valence electrons. The van der Waals surface area contributed by atoms with Crippen LogP contribution in [0.15, 0.2) is 35.8 Å². The second-order valence-corrected chi connectivity index (χ2v) is 2.52. The van der Waals surface area contributed by atoms with Gasteiger partial charge in [-0.15, -0.1) is 0 Å². The lowest BCUT2D eigenvalue weighted by Crippen LogP contribution is -2.03. The highest BCUT2D eigenvalue weighted by Gasteiger charge is 1.94. The number of nitrogens with zero attached hydrogens (tertiary/aromatic N) is 1. The summed E-state index contributed by atoms with van der Waals surface area (Å²) in [6.45, 7) is 5.45. The van der Waals surface area contributed by atoms with Crippen molar-refractivity contribution in [1.82, 2.24) is 0 Å². The van der Waals surface area contributed by atoms with Crippen molar-refractivity contribution in [2.75, 3.05) is 0 Å². The van der Waals surface area contributed by atoms with Gasteiger partial charge in [-0.25, -0.2) is 4.99 Å². The van der Waals surface area contributed by atoms with Crippen LogP contribution in [-0.4, -0.2) is 5.84 Å². The molecule has 0 aromatic heterocycles. The molecule has 0 aliphatic rings. The van der Waals surface area contributed by atoms with Gasteiger partial charge in [0.2, 0.25) is 0 Å². The van der Waals surface area contributed by atoms with Crippen LogP contribution in [0.5, 0.6) is 0 Å². The SMILES string of the molecule is C=Cc1ccccc1N=C(C)N. The van der Waals surface area contributed by atoms with E-state index in [-0.39, 0.29) is 0 Å². The summed E-state index contributed by atoms with van der Waals surface area (Å²) in [7, 11) is 0. The first-order valence-electron chi connectivity index (χ1n) is 3.76. The molecule has 0 aliphatic carbocycles. The Balaban J connectivity index is 3.14. The van der Waals surface area contributed by atoms with Crippen LogP contribution in [0.2, 0.25) is 0 Å². The fourth-order valence-electron chi connectivity index (χ4n) is 0.952. The van der Waals surface area contributed by atoms with Crippen molar-refractivity contribution >= 4 is 17.6 Å². The largest absolute Gasteiger partial charge is 0.387 e. The molecule has 0 spiro atoms. The average molecular weight is 160 g/mol. The van der Waals surface area contributed by atoms with Gasteiger partial charge in [0.05, 0.1) is 11.5 Å². The van der Waals surface area contributed by atoms with Gasteiger partial charge >= 0.3 is 0 Å². The van der Waals surface area contributed by atoms with Crippen molar-refractivity contribution in [2.45, 2.75) is 6.92 Å². The summed E-state index contributed by atoms with van der Waals surface area (Å²) in [5.41, 5.74) is 7.33. The summed E-state index contributed by atoms with van der Waals surface area (Å²) in [5, 5.41) is 0. The highest BCUT2D eigenvalue weighted by atomic mass is 14.8. The van der Waals surface area contributed by atoms with Crippen LogP contribution < -0.4 is 5.73 Å². The van der Waals surface area contributed by atoms with Crippen LogP contribution in [0.4, 0.5) is 5.69 Å². The van der Waals surface area contributed by atoms with Crippen molar-refractivity contribution in [3.63, 3.8) is 0 Å². The Morgan fingerprint density at radius 1 is 1.50 bits per heavy atom. The minimum absolute atomic E-state index is 0.560. The Kier molecular flexibility index (Phi) is 2.64. The summed E-state index contributed by atoms with van der Waals surface area (Å²) in [4.78, 5) is 4.15. The Bertz CT molecular complexity index is 309. The van der Waals surface area contributed by atoms with Gasteiger partial charge in [-0.05, 0) is 18.6 Å². The Hall–Kier alpha value is -1.57. The molecule has 1 rings (SSSR count). The van der Waals surface area contributed by atoms with Gasteiger partial charge in [0.25, 0.3) is 0 Å². The Morgan fingerprint density at radius 3 is 2.75 bits per heavy atom. The van der Waals surface area contributed by atoms with Crippen LogP contribution in [-0.2, 0) is 0 Å². The number of benzene rings is 1. The molecule has 0 radical (unpaired) electrons. The van der Waals surface area contributed by atoms with E-state index < -0.39 is 0 Å². The predicted octanol–water partition coefficient (Wildman–Crippen LogP) is 2.34. The second-order valence-electron chi connectivity index (χ2n) is 2.52. The van der Waals surface area contributed by atoms with E-state index in [4.69, 9.17) is 5.73 Å². The van der Waals surface area contributed by atoms with Gasteiger partial charge in [0, 0.05) is 0 Å². The summed E-state index contributed by atoms with van der Waals surface area (Å²) in [6, 6.07) is 7.73. The standard InChI is InChI=1S/C10H12N2/c1-3-9-6-4-5-7-10(9)12-8(2)11/h3-7H,1H2,2H3,(H2,11,12). The van der Waals surface area contributed by atoms with E-state index in [0.717, 1.165) is 11.3 Å². The first kappa shape index (κ1) is 8.53. The number of hydrogen-bond donors (Lipinski definition) is 1. The van der Waals surface area contributed by atoms with Gasteiger partial charge in [-0.3, -0.25) is 0 Å². The van der Waals surface area contributed by atoms with Crippen LogP contribution >= 0.6 is 0 Å². The molecule has 0 bridgehead atoms. The van der Waals surface area contributed by atoms with Crippen LogP contribution in [0, 0.1) is 0 Å². The van der Waals surface area contributed by atoms with E-state index in [1.54, 1.807) is 13.0 Å². The summed E-state index contributed by atoms with van der Waals surface area (Å²) < 4.78 is 0. The lowest BCUT2D eigenvalue weighted by atomic mass is 10.2. The smallest absolute Gasteiger partial charge is 0.0965 e. The molecule has 0 saturated heterocycles. The molecule has 0 amide bonds. The monoisotopic (exact) mass is 160 g/mol. The van der Waals surface area contributed by atoms with E-state index in [1.807, 2.05) is 24.3 Å². The molecule has 0 heterocycles. The third-order valence-electron chi connectivity index (χ3n) is 1.45. The molecule has 0 fully saturated rings. The van der Waals surface area contributed by atoms with Gasteiger partial charge < -0.3 is 5.73 Å². The van der Waals surface area contributed by atoms with Crippen LogP contribution in [0.25, 0.3) is 6.08 Å². The summed E-state index contributed by atoms with van der Waals surface area (Å²) >= 11 is 0. The molecule has 2 heteroatoms. The van der Waals surface area contributed by atoms with Crippen LogP contribution in [0.1, 0.15) is 12.5 Å². The summed E-state index contributed by atoms with van der Waals surface area (Å²) in [6.07, 6.45) is 1.77. The normalized spacial score (nSPS) is 11.2. The molecule has 1 aromatic rings. The van der Waals surface area contributed by atoms with E-state index >= 15 is 0 Å². The quantitative estimate of drug-likeness (QED) is 0.523.